The largest absolute Gasteiger partial charge is 0.493 e. The van der Waals surface area contributed by atoms with E-state index in [1.807, 2.05) is 13.0 Å². The van der Waals surface area contributed by atoms with Gasteiger partial charge in [-0.1, -0.05) is 24.9 Å². The zero-order chi connectivity index (χ0) is 15.7. The van der Waals surface area contributed by atoms with Gasteiger partial charge in [0.05, 0.1) is 13.7 Å². The van der Waals surface area contributed by atoms with Crippen molar-refractivity contribution in [1.82, 2.24) is 0 Å². The molecule has 0 fully saturated rings. The first kappa shape index (κ1) is 18.1. The molecule has 1 rings (SSSR count). The van der Waals surface area contributed by atoms with E-state index in [4.69, 9.17) is 31.5 Å². The summed E-state index contributed by atoms with van der Waals surface area (Å²) in [5.41, 5.74) is 6.84. The summed E-state index contributed by atoms with van der Waals surface area (Å²) in [4.78, 5) is 0. The highest BCUT2D eigenvalue weighted by Gasteiger charge is 2.14. The van der Waals surface area contributed by atoms with E-state index in [9.17, 15) is 0 Å². The molecule has 0 saturated carbocycles. The predicted molar refractivity (Wildman–Crippen MR) is 86.6 cm³/mol. The second kappa shape index (κ2) is 9.87. The van der Waals surface area contributed by atoms with Crippen LogP contribution in [0.5, 0.6) is 11.5 Å². The SMILES string of the molecule is CCCCOCCOc1c(CC(C)N)cc(Cl)cc1OC. The predicted octanol–water partition coefficient (Wildman–Crippen LogP) is 3.43. The van der Waals surface area contributed by atoms with Crippen LogP contribution in [0.1, 0.15) is 32.3 Å². The zero-order valence-corrected chi connectivity index (χ0v) is 13.9. The molecular formula is C16H26ClNO3. The standard InChI is InChI=1S/C16H26ClNO3/c1-4-5-6-20-7-8-21-16-13(9-12(2)18)10-14(17)11-15(16)19-3/h10-12H,4-9,18H2,1-3H3. The van der Waals surface area contributed by atoms with Crippen LogP contribution in [0.3, 0.4) is 0 Å². The molecule has 0 aliphatic heterocycles. The van der Waals surface area contributed by atoms with Crippen molar-refractivity contribution in [2.24, 2.45) is 5.73 Å². The molecule has 21 heavy (non-hydrogen) atoms. The van der Waals surface area contributed by atoms with Gasteiger partial charge in [-0.3, -0.25) is 0 Å². The smallest absolute Gasteiger partial charge is 0.164 e. The Labute approximate surface area is 132 Å². The van der Waals surface area contributed by atoms with Crippen LogP contribution in [0, 0.1) is 0 Å². The molecule has 0 aliphatic carbocycles. The number of hydrogen-bond acceptors (Lipinski definition) is 4. The van der Waals surface area contributed by atoms with Gasteiger partial charge in [-0.15, -0.1) is 0 Å². The molecule has 0 aliphatic rings. The van der Waals surface area contributed by atoms with Crippen LogP contribution in [-0.4, -0.2) is 33.0 Å². The lowest BCUT2D eigenvalue weighted by Gasteiger charge is -2.17. The van der Waals surface area contributed by atoms with E-state index in [1.54, 1.807) is 13.2 Å². The summed E-state index contributed by atoms with van der Waals surface area (Å²) >= 11 is 6.10. The summed E-state index contributed by atoms with van der Waals surface area (Å²) in [6.45, 7) is 5.89. The first-order valence-electron chi connectivity index (χ1n) is 7.41. The first-order chi connectivity index (χ1) is 10.1. The van der Waals surface area contributed by atoms with Gasteiger partial charge in [-0.05, 0) is 25.8 Å². The van der Waals surface area contributed by atoms with Crippen molar-refractivity contribution in [1.29, 1.82) is 0 Å². The van der Waals surface area contributed by atoms with Crippen molar-refractivity contribution in [3.05, 3.63) is 22.7 Å². The Morgan fingerprint density at radius 3 is 2.62 bits per heavy atom. The lowest BCUT2D eigenvalue weighted by Crippen LogP contribution is -2.19. The molecule has 0 bridgehead atoms. The molecule has 1 unspecified atom stereocenters. The molecule has 0 amide bonds. The van der Waals surface area contributed by atoms with Gasteiger partial charge in [-0.25, -0.2) is 0 Å². The molecule has 0 saturated heterocycles. The second-order valence-corrected chi connectivity index (χ2v) is 5.53. The minimum atomic E-state index is 0.0244. The van der Waals surface area contributed by atoms with E-state index in [1.165, 1.54) is 0 Å². The van der Waals surface area contributed by atoms with Crippen molar-refractivity contribution in [3.8, 4) is 11.5 Å². The lowest BCUT2D eigenvalue weighted by molar-refractivity contribution is 0.0966. The quantitative estimate of drug-likeness (QED) is 0.672. The molecule has 5 heteroatoms. The maximum Gasteiger partial charge on any atom is 0.164 e. The van der Waals surface area contributed by atoms with Crippen LogP contribution in [-0.2, 0) is 11.2 Å². The normalized spacial score (nSPS) is 12.2. The number of halogens is 1. The van der Waals surface area contributed by atoms with Crippen LogP contribution >= 0.6 is 11.6 Å². The number of rotatable bonds is 10. The Hall–Kier alpha value is -0.970. The average Bonchev–Trinajstić information content (AvgIpc) is 2.43. The Kier molecular flexibility index (Phi) is 8.50. The number of nitrogens with two attached hydrogens (primary N) is 1. The lowest BCUT2D eigenvalue weighted by atomic mass is 10.1. The van der Waals surface area contributed by atoms with Gasteiger partial charge in [0.25, 0.3) is 0 Å². The maximum atomic E-state index is 6.10. The fourth-order valence-electron chi connectivity index (χ4n) is 1.99. The van der Waals surface area contributed by atoms with Crippen LogP contribution in [0.15, 0.2) is 12.1 Å². The fraction of sp³-hybridized carbons (Fsp3) is 0.625. The molecule has 1 aromatic carbocycles. The van der Waals surface area contributed by atoms with Crippen molar-refractivity contribution >= 4 is 11.6 Å². The van der Waals surface area contributed by atoms with Gasteiger partial charge < -0.3 is 19.9 Å². The van der Waals surface area contributed by atoms with Gasteiger partial charge in [0.2, 0.25) is 0 Å². The van der Waals surface area contributed by atoms with E-state index in [0.29, 0.717) is 36.2 Å². The molecular weight excluding hydrogens is 290 g/mol. The molecule has 1 aromatic rings. The Morgan fingerprint density at radius 1 is 1.24 bits per heavy atom. The minimum absolute atomic E-state index is 0.0244. The minimum Gasteiger partial charge on any atom is -0.493 e. The van der Waals surface area contributed by atoms with Gasteiger partial charge in [-0.2, -0.15) is 0 Å². The highest BCUT2D eigenvalue weighted by Crippen LogP contribution is 2.35. The summed E-state index contributed by atoms with van der Waals surface area (Å²) in [6.07, 6.45) is 2.88. The number of ether oxygens (including phenoxy) is 3. The van der Waals surface area contributed by atoms with E-state index < -0.39 is 0 Å². The fourth-order valence-corrected chi connectivity index (χ4v) is 2.22. The van der Waals surface area contributed by atoms with Crippen molar-refractivity contribution in [3.63, 3.8) is 0 Å². The molecule has 120 valence electrons. The van der Waals surface area contributed by atoms with E-state index in [0.717, 1.165) is 25.0 Å². The summed E-state index contributed by atoms with van der Waals surface area (Å²) in [6, 6.07) is 3.65. The molecule has 2 N–H and O–H groups in total. The van der Waals surface area contributed by atoms with Gasteiger partial charge in [0.1, 0.15) is 6.61 Å². The number of methoxy groups -OCH3 is 1. The van der Waals surface area contributed by atoms with E-state index >= 15 is 0 Å². The number of unbranched alkanes of at least 4 members (excludes halogenated alkanes) is 1. The molecule has 0 spiro atoms. The monoisotopic (exact) mass is 315 g/mol. The first-order valence-corrected chi connectivity index (χ1v) is 7.78. The third-order valence-corrected chi connectivity index (χ3v) is 3.19. The molecule has 0 heterocycles. The van der Waals surface area contributed by atoms with E-state index in [-0.39, 0.29) is 6.04 Å². The summed E-state index contributed by atoms with van der Waals surface area (Å²) in [5, 5.41) is 0.619. The van der Waals surface area contributed by atoms with Crippen molar-refractivity contribution in [2.75, 3.05) is 26.9 Å². The average molecular weight is 316 g/mol. The summed E-state index contributed by atoms with van der Waals surface area (Å²) in [5.74, 6) is 1.34. The Morgan fingerprint density at radius 2 is 2.00 bits per heavy atom. The third-order valence-electron chi connectivity index (χ3n) is 2.97. The van der Waals surface area contributed by atoms with Crippen LogP contribution in [0.2, 0.25) is 5.02 Å². The third kappa shape index (κ3) is 6.55. The van der Waals surface area contributed by atoms with Crippen molar-refractivity contribution in [2.45, 2.75) is 39.2 Å². The highest BCUT2D eigenvalue weighted by atomic mass is 35.5. The molecule has 4 nitrogen and oxygen atoms in total. The summed E-state index contributed by atoms with van der Waals surface area (Å²) in [7, 11) is 1.60. The van der Waals surface area contributed by atoms with Crippen molar-refractivity contribution < 1.29 is 14.2 Å². The second-order valence-electron chi connectivity index (χ2n) is 5.09. The highest BCUT2D eigenvalue weighted by molar-refractivity contribution is 6.30. The van der Waals surface area contributed by atoms with E-state index in [2.05, 4.69) is 6.92 Å². The Bertz CT molecular complexity index is 424. The van der Waals surface area contributed by atoms with Crippen LogP contribution < -0.4 is 15.2 Å². The molecule has 0 aromatic heterocycles. The van der Waals surface area contributed by atoms with Crippen LogP contribution in [0.4, 0.5) is 0 Å². The van der Waals surface area contributed by atoms with Gasteiger partial charge >= 0.3 is 0 Å². The van der Waals surface area contributed by atoms with Crippen LogP contribution in [0.25, 0.3) is 0 Å². The number of benzene rings is 1. The van der Waals surface area contributed by atoms with Gasteiger partial charge in [0, 0.05) is 29.3 Å². The summed E-state index contributed by atoms with van der Waals surface area (Å²) < 4.78 is 16.7. The topological polar surface area (TPSA) is 53.7 Å². The van der Waals surface area contributed by atoms with Gasteiger partial charge in [0.15, 0.2) is 11.5 Å². The Balaban J connectivity index is 2.68. The molecule has 0 radical (unpaired) electrons. The zero-order valence-electron chi connectivity index (χ0n) is 13.2. The maximum absolute atomic E-state index is 6.10. The number of hydrogen-bond donors (Lipinski definition) is 1. The molecule has 1 atom stereocenters.